The Morgan fingerprint density at radius 3 is 2.24 bits per heavy atom. The number of primary amides is 1. The van der Waals surface area contributed by atoms with Gasteiger partial charge in [-0.1, -0.05) is 0 Å². The van der Waals surface area contributed by atoms with Gasteiger partial charge in [-0.15, -0.1) is 0 Å². The van der Waals surface area contributed by atoms with Gasteiger partial charge in [0.05, 0.1) is 5.60 Å². The minimum atomic E-state index is -0.503. The van der Waals surface area contributed by atoms with Crippen molar-refractivity contribution in [3.8, 4) is 0 Å². The van der Waals surface area contributed by atoms with Crippen molar-refractivity contribution in [2.75, 3.05) is 6.61 Å². The fourth-order valence-corrected chi connectivity index (χ4v) is 1.59. The molecule has 6 heteroatoms. The molecule has 0 rings (SSSR count). The highest BCUT2D eigenvalue weighted by Gasteiger charge is 2.21. The summed E-state index contributed by atoms with van der Waals surface area (Å²) < 4.78 is 10.9. The first-order valence-electron chi connectivity index (χ1n) is 7.33. The third-order valence-corrected chi connectivity index (χ3v) is 2.78. The largest absolute Gasteiger partial charge is 0.444 e. The lowest BCUT2D eigenvalue weighted by Crippen LogP contribution is -2.38. The van der Waals surface area contributed by atoms with E-state index in [4.69, 9.17) is 15.2 Å². The zero-order valence-corrected chi connectivity index (χ0v) is 14.1. The summed E-state index contributed by atoms with van der Waals surface area (Å²) in [6.45, 7) is 11.7. The molecule has 0 aliphatic heterocycles. The molecule has 0 aromatic rings. The van der Waals surface area contributed by atoms with Crippen LogP contribution < -0.4 is 11.1 Å². The first-order chi connectivity index (χ1) is 9.41. The number of nitrogens with two attached hydrogens (primary N) is 1. The van der Waals surface area contributed by atoms with Gasteiger partial charge in [-0.2, -0.15) is 0 Å². The van der Waals surface area contributed by atoms with Crippen molar-refractivity contribution in [1.82, 2.24) is 5.32 Å². The van der Waals surface area contributed by atoms with Crippen molar-refractivity contribution in [2.45, 2.75) is 78.0 Å². The van der Waals surface area contributed by atoms with Crippen LogP contribution in [0.4, 0.5) is 4.79 Å². The molecule has 6 nitrogen and oxygen atoms in total. The Bertz CT molecular complexity index is 348. The average molecular weight is 302 g/mol. The highest BCUT2D eigenvalue weighted by molar-refractivity contribution is 5.73. The van der Waals surface area contributed by atoms with E-state index in [1.807, 2.05) is 41.5 Å². The third-order valence-electron chi connectivity index (χ3n) is 2.78. The number of alkyl carbamates (subject to hydrolysis) is 1. The standard InChI is InChI=1S/C15H30N2O4/c1-11(17-13(19)21-14(2,3)4)8-10-20-15(5,6)9-7-12(16)18/h11H,7-10H2,1-6H3,(H2,16,18)(H,17,19). The van der Waals surface area contributed by atoms with Crippen LogP contribution in [-0.4, -0.2) is 35.9 Å². The quantitative estimate of drug-likeness (QED) is 0.720. The number of amides is 2. The highest BCUT2D eigenvalue weighted by atomic mass is 16.6. The van der Waals surface area contributed by atoms with Crippen LogP contribution in [0.3, 0.4) is 0 Å². The number of rotatable bonds is 8. The molecule has 1 atom stereocenters. The Kier molecular flexibility index (Phi) is 7.71. The zero-order valence-electron chi connectivity index (χ0n) is 14.1. The normalized spacial score (nSPS) is 13.6. The Hall–Kier alpha value is -1.30. The average Bonchev–Trinajstić information content (AvgIpc) is 2.23. The van der Waals surface area contributed by atoms with Gasteiger partial charge in [-0.25, -0.2) is 4.79 Å². The van der Waals surface area contributed by atoms with E-state index in [9.17, 15) is 9.59 Å². The van der Waals surface area contributed by atoms with Crippen molar-refractivity contribution in [2.24, 2.45) is 5.73 Å². The molecular formula is C15H30N2O4. The van der Waals surface area contributed by atoms with Gasteiger partial charge in [0, 0.05) is 19.1 Å². The lowest BCUT2D eigenvalue weighted by Gasteiger charge is -2.26. The molecule has 0 heterocycles. The maximum Gasteiger partial charge on any atom is 0.407 e. The van der Waals surface area contributed by atoms with Crippen molar-refractivity contribution in [1.29, 1.82) is 0 Å². The molecule has 21 heavy (non-hydrogen) atoms. The summed E-state index contributed by atoms with van der Waals surface area (Å²) in [7, 11) is 0. The topological polar surface area (TPSA) is 90.6 Å². The lowest BCUT2D eigenvalue weighted by molar-refractivity contribution is -0.119. The second-order valence-corrected chi connectivity index (χ2v) is 6.91. The van der Waals surface area contributed by atoms with Crippen LogP contribution in [-0.2, 0) is 14.3 Å². The summed E-state index contributed by atoms with van der Waals surface area (Å²) in [4.78, 5) is 22.3. The molecule has 0 aliphatic carbocycles. The lowest BCUT2D eigenvalue weighted by atomic mass is 10.0. The van der Waals surface area contributed by atoms with Crippen molar-refractivity contribution in [3.05, 3.63) is 0 Å². The fourth-order valence-electron chi connectivity index (χ4n) is 1.59. The van der Waals surface area contributed by atoms with Crippen LogP contribution in [0.1, 0.15) is 60.8 Å². The van der Waals surface area contributed by atoms with Crippen molar-refractivity contribution in [3.63, 3.8) is 0 Å². The number of ether oxygens (including phenoxy) is 2. The maximum atomic E-state index is 11.6. The van der Waals surface area contributed by atoms with Crippen LogP contribution >= 0.6 is 0 Å². The van der Waals surface area contributed by atoms with E-state index in [-0.39, 0.29) is 11.9 Å². The van der Waals surface area contributed by atoms with Crippen molar-refractivity contribution >= 4 is 12.0 Å². The Labute approximate surface area is 127 Å². The minimum absolute atomic E-state index is 0.0493. The van der Waals surface area contributed by atoms with E-state index in [0.29, 0.717) is 25.9 Å². The van der Waals surface area contributed by atoms with Gasteiger partial charge in [0.25, 0.3) is 0 Å². The number of carbonyl (C=O) groups excluding carboxylic acids is 2. The molecule has 3 N–H and O–H groups in total. The SMILES string of the molecule is CC(CCOC(C)(C)CCC(N)=O)NC(=O)OC(C)(C)C. The van der Waals surface area contributed by atoms with Crippen LogP contribution in [0.2, 0.25) is 0 Å². The molecule has 0 saturated carbocycles. The van der Waals surface area contributed by atoms with Crippen LogP contribution in [0.15, 0.2) is 0 Å². The molecule has 0 spiro atoms. The Balaban J connectivity index is 3.95. The molecule has 0 aromatic carbocycles. The Morgan fingerprint density at radius 1 is 1.19 bits per heavy atom. The number of hydrogen-bond donors (Lipinski definition) is 2. The summed E-state index contributed by atoms with van der Waals surface area (Å²) in [5, 5.41) is 2.76. The maximum absolute atomic E-state index is 11.6. The molecule has 124 valence electrons. The summed E-state index contributed by atoms with van der Waals surface area (Å²) in [6.07, 6.45) is 1.12. The number of carbonyl (C=O) groups is 2. The summed E-state index contributed by atoms with van der Waals surface area (Å²) in [5.74, 6) is -0.327. The van der Waals surface area contributed by atoms with Gasteiger partial charge in [0.15, 0.2) is 0 Å². The van der Waals surface area contributed by atoms with E-state index in [2.05, 4.69) is 5.32 Å². The molecular weight excluding hydrogens is 272 g/mol. The van der Waals surface area contributed by atoms with Gasteiger partial charge >= 0.3 is 6.09 Å². The van der Waals surface area contributed by atoms with E-state index >= 15 is 0 Å². The molecule has 0 bridgehead atoms. The molecule has 0 saturated heterocycles. The van der Waals surface area contributed by atoms with Crippen LogP contribution in [0.25, 0.3) is 0 Å². The van der Waals surface area contributed by atoms with E-state index in [0.717, 1.165) is 0 Å². The summed E-state index contributed by atoms with van der Waals surface area (Å²) in [5.41, 5.74) is 4.22. The molecule has 0 radical (unpaired) electrons. The molecule has 0 fully saturated rings. The van der Waals surface area contributed by atoms with Gasteiger partial charge < -0.3 is 20.5 Å². The number of nitrogens with one attached hydrogen (secondary N) is 1. The van der Waals surface area contributed by atoms with Gasteiger partial charge in [0.2, 0.25) is 5.91 Å². The molecule has 0 aromatic heterocycles. The summed E-state index contributed by atoms with van der Waals surface area (Å²) >= 11 is 0. The van der Waals surface area contributed by atoms with Gasteiger partial charge in [0.1, 0.15) is 5.60 Å². The smallest absolute Gasteiger partial charge is 0.407 e. The van der Waals surface area contributed by atoms with E-state index in [1.54, 1.807) is 0 Å². The minimum Gasteiger partial charge on any atom is -0.444 e. The molecule has 1 unspecified atom stereocenters. The van der Waals surface area contributed by atoms with E-state index < -0.39 is 17.3 Å². The molecule has 2 amide bonds. The molecule has 0 aliphatic rings. The second kappa shape index (κ2) is 8.22. The first kappa shape index (κ1) is 19.7. The van der Waals surface area contributed by atoms with Crippen LogP contribution in [0, 0.1) is 0 Å². The second-order valence-electron chi connectivity index (χ2n) is 6.91. The zero-order chi connectivity index (χ0) is 16.7. The highest BCUT2D eigenvalue weighted by Crippen LogP contribution is 2.17. The first-order valence-corrected chi connectivity index (χ1v) is 7.33. The summed E-state index contributed by atoms with van der Waals surface area (Å²) in [6, 6.07) is -0.0493. The van der Waals surface area contributed by atoms with Crippen LogP contribution in [0.5, 0.6) is 0 Å². The third kappa shape index (κ3) is 12.2. The fraction of sp³-hybridized carbons (Fsp3) is 0.867. The van der Waals surface area contributed by atoms with Gasteiger partial charge in [-0.3, -0.25) is 4.79 Å². The predicted octanol–water partition coefficient (Wildman–Crippen LogP) is 2.35. The van der Waals surface area contributed by atoms with Crippen molar-refractivity contribution < 1.29 is 19.1 Å². The Morgan fingerprint density at radius 2 is 1.76 bits per heavy atom. The number of hydrogen-bond acceptors (Lipinski definition) is 4. The monoisotopic (exact) mass is 302 g/mol. The van der Waals surface area contributed by atoms with Gasteiger partial charge in [-0.05, 0) is 54.4 Å². The van der Waals surface area contributed by atoms with E-state index in [1.165, 1.54) is 0 Å². The predicted molar refractivity (Wildman–Crippen MR) is 81.9 cm³/mol.